The van der Waals surface area contributed by atoms with Gasteiger partial charge in [0.25, 0.3) is 0 Å². The number of hydrogen-bond donors (Lipinski definition) is 0. The van der Waals surface area contributed by atoms with Crippen molar-refractivity contribution in [1.29, 1.82) is 0 Å². The first kappa shape index (κ1) is 10.7. The minimum atomic E-state index is 0.517. The third-order valence-corrected chi connectivity index (χ3v) is 3.87. The van der Waals surface area contributed by atoms with Crippen LogP contribution in [0.4, 0.5) is 0 Å². The molecule has 0 saturated carbocycles. The molecule has 1 aromatic heterocycles. The second-order valence-electron chi connectivity index (χ2n) is 3.51. The lowest BCUT2D eigenvalue weighted by atomic mass is 10.1. The number of furan rings is 1. The molecule has 0 aliphatic heterocycles. The predicted molar refractivity (Wildman–Crippen MR) is 76.5 cm³/mol. The average Bonchev–Trinajstić information content (AvgIpc) is 2.57. The molecule has 80 valence electrons. The molecule has 0 N–H and O–H groups in total. The van der Waals surface area contributed by atoms with Gasteiger partial charge in [0, 0.05) is 20.4 Å². The van der Waals surface area contributed by atoms with E-state index in [0.717, 1.165) is 21.9 Å². The molecule has 1 nitrogen and oxygen atoms in total. The Morgan fingerprint density at radius 2 is 1.56 bits per heavy atom. The summed E-state index contributed by atoms with van der Waals surface area (Å²) in [6.45, 7) is 0. The highest BCUT2D eigenvalue weighted by Crippen LogP contribution is 2.35. The second-order valence-corrected chi connectivity index (χ2v) is 5.57. The van der Waals surface area contributed by atoms with Gasteiger partial charge in [0.2, 0.25) is 0 Å². The Balaban J connectivity index is 2.53. The van der Waals surface area contributed by atoms with Crippen molar-refractivity contribution in [1.82, 2.24) is 0 Å². The second kappa shape index (κ2) is 3.79. The van der Waals surface area contributed by atoms with Gasteiger partial charge in [0.05, 0.1) is 10.0 Å². The highest BCUT2D eigenvalue weighted by Gasteiger charge is 2.09. The highest BCUT2D eigenvalue weighted by atomic mass is 127. The molecule has 2 aromatic carbocycles. The summed E-state index contributed by atoms with van der Waals surface area (Å²) in [7, 11) is 0. The molecule has 3 rings (SSSR count). The summed E-state index contributed by atoms with van der Waals surface area (Å²) in [6.07, 6.45) is 0. The monoisotopic (exact) mass is 362 g/mol. The molecule has 4 heteroatoms. The Morgan fingerprint density at radius 3 is 2.38 bits per heavy atom. The summed E-state index contributed by atoms with van der Waals surface area (Å²) in [5.41, 5.74) is 1.63. The van der Waals surface area contributed by atoms with E-state index in [2.05, 4.69) is 28.7 Å². The van der Waals surface area contributed by atoms with E-state index in [1.54, 1.807) is 6.07 Å². The molecule has 0 amide bonds. The maximum absolute atomic E-state index is 6.01. The lowest BCUT2D eigenvalue weighted by Gasteiger charge is -1.94. The number of benzene rings is 2. The molecule has 0 atom stereocenters. The fourth-order valence-corrected chi connectivity index (χ4v) is 2.55. The van der Waals surface area contributed by atoms with E-state index >= 15 is 0 Å². The molecule has 0 unspecified atom stereocenters. The average molecular weight is 363 g/mol. The van der Waals surface area contributed by atoms with Crippen molar-refractivity contribution in [3.63, 3.8) is 0 Å². The van der Waals surface area contributed by atoms with Crippen molar-refractivity contribution in [3.05, 3.63) is 43.9 Å². The van der Waals surface area contributed by atoms with Crippen molar-refractivity contribution in [2.24, 2.45) is 0 Å². The van der Waals surface area contributed by atoms with Crippen LogP contribution in [0.5, 0.6) is 0 Å². The normalized spacial score (nSPS) is 11.4. The quantitative estimate of drug-likeness (QED) is 0.481. The molecular weight excluding hydrogens is 358 g/mol. The Kier molecular flexibility index (Phi) is 2.53. The van der Waals surface area contributed by atoms with Crippen LogP contribution in [-0.4, -0.2) is 0 Å². The van der Waals surface area contributed by atoms with Crippen LogP contribution in [0.1, 0.15) is 0 Å². The van der Waals surface area contributed by atoms with E-state index in [1.807, 2.05) is 18.2 Å². The van der Waals surface area contributed by atoms with Crippen LogP contribution >= 0.6 is 45.8 Å². The summed E-state index contributed by atoms with van der Waals surface area (Å²) >= 11 is 14.2. The summed E-state index contributed by atoms with van der Waals surface area (Å²) in [5, 5.41) is 3.14. The summed E-state index contributed by atoms with van der Waals surface area (Å²) < 4.78 is 6.86. The van der Waals surface area contributed by atoms with E-state index in [0.29, 0.717) is 10.0 Å². The maximum Gasteiger partial charge on any atom is 0.137 e. The van der Waals surface area contributed by atoms with Gasteiger partial charge >= 0.3 is 0 Å². The van der Waals surface area contributed by atoms with E-state index in [1.165, 1.54) is 3.57 Å². The molecule has 0 aliphatic carbocycles. The molecule has 0 spiro atoms. The Labute approximate surface area is 115 Å². The van der Waals surface area contributed by atoms with Crippen LogP contribution in [-0.2, 0) is 0 Å². The van der Waals surface area contributed by atoms with Gasteiger partial charge in [-0.1, -0.05) is 23.2 Å². The predicted octanol–water partition coefficient (Wildman–Crippen LogP) is 5.50. The van der Waals surface area contributed by atoms with Crippen LogP contribution in [0.2, 0.25) is 10.0 Å². The topological polar surface area (TPSA) is 13.1 Å². The van der Waals surface area contributed by atoms with E-state index in [-0.39, 0.29) is 0 Å². The van der Waals surface area contributed by atoms with Crippen LogP contribution in [0, 0.1) is 3.57 Å². The molecule has 1 heterocycles. The fraction of sp³-hybridized carbons (Fsp3) is 0. The number of rotatable bonds is 0. The van der Waals surface area contributed by atoms with Gasteiger partial charge in [-0.3, -0.25) is 0 Å². The minimum Gasteiger partial charge on any atom is -0.456 e. The van der Waals surface area contributed by atoms with Gasteiger partial charge in [0.15, 0.2) is 0 Å². The maximum atomic E-state index is 6.01. The molecular formula is C12H5Cl2IO. The van der Waals surface area contributed by atoms with Gasteiger partial charge < -0.3 is 4.42 Å². The van der Waals surface area contributed by atoms with E-state index in [9.17, 15) is 0 Å². The first-order valence-electron chi connectivity index (χ1n) is 4.62. The first-order valence-corrected chi connectivity index (χ1v) is 6.45. The third kappa shape index (κ3) is 1.60. The van der Waals surface area contributed by atoms with Gasteiger partial charge in [-0.25, -0.2) is 0 Å². The molecule has 0 radical (unpaired) electrons. The van der Waals surface area contributed by atoms with Crippen molar-refractivity contribution < 1.29 is 4.42 Å². The third-order valence-electron chi connectivity index (χ3n) is 2.47. The van der Waals surface area contributed by atoms with Crippen LogP contribution in [0.3, 0.4) is 0 Å². The Hall–Kier alpha value is -0.450. The standard InChI is InChI=1S/C12H5Cl2IO/c13-9-4-8-7-3-6(15)1-2-11(7)16-12(8)5-10(9)14/h1-5H. The lowest BCUT2D eigenvalue weighted by Crippen LogP contribution is -1.71. The highest BCUT2D eigenvalue weighted by molar-refractivity contribution is 14.1. The van der Waals surface area contributed by atoms with Crippen molar-refractivity contribution in [2.45, 2.75) is 0 Å². The Morgan fingerprint density at radius 1 is 0.875 bits per heavy atom. The SMILES string of the molecule is Clc1cc2oc3ccc(I)cc3c2cc1Cl. The van der Waals surface area contributed by atoms with Crippen molar-refractivity contribution >= 4 is 67.7 Å². The number of hydrogen-bond acceptors (Lipinski definition) is 1. The van der Waals surface area contributed by atoms with Gasteiger partial charge in [0.1, 0.15) is 11.2 Å². The largest absolute Gasteiger partial charge is 0.456 e. The molecule has 0 bridgehead atoms. The molecule has 0 aliphatic rings. The lowest BCUT2D eigenvalue weighted by molar-refractivity contribution is 0.669. The number of halogens is 3. The van der Waals surface area contributed by atoms with Gasteiger partial charge in [-0.05, 0) is 46.9 Å². The Bertz CT molecular complexity index is 703. The zero-order valence-electron chi connectivity index (χ0n) is 7.93. The van der Waals surface area contributed by atoms with Gasteiger partial charge in [-0.2, -0.15) is 0 Å². The van der Waals surface area contributed by atoms with E-state index in [4.69, 9.17) is 27.6 Å². The molecule has 3 aromatic rings. The first-order chi connectivity index (χ1) is 7.65. The van der Waals surface area contributed by atoms with Crippen molar-refractivity contribution in [3.8, 4) is 0 Å². The van der Waals surface area contributed by atoms with Crippen molar-refractivity contribution in [2.75, 3.05) is 0 Å². The van der Waals surface area contributed by atoms with Crippen LogP contribution in [0.15, 0.2) is 34.7 Å². The molecule has 0 fully saturated rings. The molecule has 0 saturated heterocycles. The summed E-state index contributed by atoms with van der Waals surface area (Å²) in [5.74, 6) is 0. The summed E-state index contributed by atoms with van der Waals surface area (Å²) in [6, 6.07) is 9.65. The smallest absolute Gasteiger partial charge is 0.137 e. The zero-order valence-corrected chi connectivity index (χ0v) is 11.6. The number of fused-ring (bicyclic) bond motifs is 3. The van der Waals surface area contributed by atoms with Gasteiger partial charge in [-0.15, -0.1) is 0 Å². The zero-order chi connectivity index (χ0) is 11.3. The minimum absolute atomic E-state index is 0.517. The fourth-order valence-electron chi connectivity index (χ4n) is 1.74. The van der Waals surface area contributed by atoms with E-state index < -0.39 is 0 Å². The molecule has 16 heavy (non-hydrogen) atoms. The van der Waals surface area contributed by atoms with Crippen LogP contribution in [0.25, 0.3) is 21.9 Å². The van der Waals surface area contributed by atoms with Crippen LogP contribution < -0.4 is 0 Å². The summed E-state index contributed by atoms with van der Waals surface area (Å²) in [4.78, 5) is 0.